The van der Waals surface area contributed by atoms with Crippen LogP contribution in [0.2, 0.25) is 10.0 Å². The fourth-order valence-electron chi connectivity index (χ4n) is 2.46. The minimum Gasteiger partial charge on any atom is -0.338 e. The minimum absolute atomic E-state index is 0.0575. The van der Waals surface area contributed by atoms with Crippen molar-refractivity contribution in [1.29, 1.82) is 0 Å². The molecule has 0 bridgehead atoms. The van der Waals surface area contributed by atoms with Crippen LogP contribution in [0.4, 0.5) is 0 Å². The number of piperidine rings is 1. The molecule has 3 nitrogen and oxygen atoms in total. The summed E-state index contributed by atoms with van der Waals surface area (Å²) in [5, 5.41) is 0.741. The predicted octanol–water partition coefficient (Wildman–Crippen LogP) is 3.19. The number of amides is 1. The van der Waals surface area contributed by atoms with E-state index >= 15 is 0 Å². The second kappa shape index (κ2) is 6.12. The van der Waals surface area contributed by atoms with Gasteiger partial charge in [0.2, 0.25) is 0 Å². The number of carbonyl (C=O) groups excluding carboxylic acids is 1. The summed E-state index contributed by atoms with van der Waals surface area (Å²) < 4.78 is 0. The Morgan fingerprint density at radius 2 is 2.21 bits per heavy atom. The van der Waals surface area contributed by atoms with E-state index in [9.17, 15) is 4.79 Å². The first kappa shape index (κ1) is 14.6. The van der Waals surface area contributed by atoms with Crippen LogP contribution < -0.4 is 5.73 Å². The molecule has 2 N–H and O–H groups in total. The predicted molar refractivity (Wildman–Crippen MR) is 78.7 cm³/mol. The van der Waals surface area contributed by atoms with Crippen LogP contribution in [-0.4, -0.2) is 29.9 Å². The summed E-state index contributed by atoms with van der Waals surface area (Å²) in [6.07, 6.45) is 2.06. The Kier molecular flexibility index (Phi) is 4.71. The van der Waals surface area contributed by atoms with E-state index in [4.69, 9.17) is 28.9 Å². The zero-order valence-corrected chi connectivity index (χ0v) is 12.4. The first-order valence-corrected chi connectivity index (χ1v) is 7.25. The van der Waals surface area contributed by atoms with Crippen molar-refractivity contribution in [3.8, 4) is 0 Å². The van der Waals surface area contributed by atoms with E-state index in [0.29, 0.717) is 28.1 Å². The summed E-state index contributed by atoms with van der Waals surface area (Å²) in [5.41, 5.74) is 6.41. The molecule has 1 aromatic rings. The van der Waals surface area contributed by atoms with Crippen LogP contribution in [0.25, 0.3) is 0 Å². The molecule has 2 atom stereocenters. The fourth-order valence-corrected chi connectivity index (χ4v) is 2.84. The van der Waals surface area contributed by atoms with E-state index in [0.717, 1.165) is 19.4 Å². The lowest BCUT2D eigenvalue weighted by atomic mass is 9.92. The molecule has 0 aliphatic carbocycles. The van der Waals surface area contributed by atoms with Crippen molar-refractivity contribution in [2.45, 2.75) is 25.8 Å². The van der Waals surface area contributed by atoms with Crippen LogP contribution in [0.5, 0.6) is 0 Å². The van der Waals surface area contributed by atoms with Gasteiger partial charge in [-0.1, -0.05) is 29.3 Å². The molecular weight excluding hydrogens is 283 g/mol. The Morgan fingerprint density at radius 3 is 2.89 bits per heavy atom. The molecule has 1 saturated heterocycles. The van der Waals surface area contributed by atoms with Crippen molar-refractivity contribution in [3.63, 3.8) is 0 Å². The van der Waals surface area contributed by atoms with Crippen molar-refractivity contribution in [2.24, 2.45) is 11.7 Å². The summed E-state index contributed by atoms with van der Waals surface area (Å²) >= 11 is 12.1. The summed E-state index contributed by atoms with van der Waals surface area (Å²) in [6.45, 7) is 3.44. The van der Waals surface area contributed by atoms with Crippen molar-refractivity contribution < 1.29 is 4.79 Å². The Balaban J connectivity index is 2.17. The van der Waals surface area contributed by atoms with Gasteiger partial charge >= 0.3 is 0 Å². The van der Waals surface area contributed by atoms with Gasteiger partial charge in [0.1, 0.15) is 0 Å². The highest BCUT2D eigenvalue weighted by molar-refractivity contribution is 6.43. The maximum atomic E-state index is 12.5. The van der Waals surface area contributed by atoms with Crippen LogP contribution in [-0.2, 0) is 0 Å². The number of rotatable bonds is 2. The molecule has 5 heteroatoms. The number of nitrogens with zero attached hydrogens (tertiary/aromatic N) is 1. The van der Waals surface area contributed by atoms with E-state index in [1.54, 1.807) is 18.2 Å². The van der Waals surface area contributed by atoms with Crippen LogP contribution in [0.15, 0.2) is 18.2 Å². The average molecular weight is 301 g/mol. The van der Waals surface area contributed by atoms with Crippen LogP contribution in [0.3, 0.4) is 0 Å². The third kappa shape index (κ3) is 3.22. The maximum Gasteiger partial charge on any atom is 0.255 e. The van der Waals surface area contributed by atoms with Crippen molar-refractivity contribution in [3.05, 3.63) is 33.8 Å². The molecule has 1 aromatic carbocycles. The third-order valence-electron chi connectivity index (χ3n) is 3.67. The second-order valence-corrected chi connectivity index (χ2v) is 5.90. The average Bonchev–Trinajstić information content (AvgIpc) is 2.41. The van der Waals surface area contributed by atoms with Gasteiger partial charge in [0, 0.05) is 19.1 Å². The molecule has 19 heavy (non-hydrogen) atoms. The lowest BCUT2D eigenvalue weighted by molar-refractivity contribution is 0.0661. The molecule has 1 aliphatic rings. The summed E-state index contributed by atoms with van der Waals surface area (Å²) in [5.74, 6) is 0.300. The number of hydrogen-bond acceptors (Lipinski definition) is 2. The Bertz CT molecular complexity index is 477. The van der Waals surface area contributed by atoms with Gasteiger partial charge in [0.15, 0.2) is 0 Å². The molecule has 0 radical (unpaired) electrons. The third-order valence-corrected chi connectivity index (χ3v) is 4.49. The van der Waals surface area contributed by atoms with Crippen LogP contribution in [0, 0.1) is 5.92 Å². The quantitative estimate of drug-likeness (QED) is 0.912. The monoisotopic (exact) mass is 300 g/mol. The summed E-state index contributed by atoms with van der Waals surface area (Å²) in [4.78, 5) is 14.3. The highest BCUT2D eigenvalue weighted by Gasteiger charge is 2.27. The summed E-state index contributed by atoms with van der Waals surface area (Å²) in [6, 6.07) is 5.24. The number of carbonyl (C=O) groups is 1. The largest absolute Gasteiger partial charge is 0.338 e. The van der Waals surface area contributed by atoms with Gasteiger partial charge in [-0.25, -0.2) is 0 Å². The first-order valence-electron chi connectivity index (χ1n) is 6.49. The molecule has 0 aromatic heterocycles. The Morgan fingerprint density at radius 1 is 1.47 bits per heavy atom. The first-order chi connectivity index (χ1) is 9.00. The number of likely N-dealkylation sites (tertiary alicyclic amines) is 1. The van der Waals surface area contributed by atoms with Gasteiger partial charge in [0.05, 0.1) is 15.6 Å². The molecule has 1 heterocycles. The standard InChI is InChI=1S/C14H18Cl2N2O/c1-9(17)10-4-3-7-18(8-10)14(19)11-5-2-6-12(15)13(11)16/h2,5-6,9-10H,3-4,7-8,17H2,1H3. The van der Waals surface area contributed by atoms with Gasteiger partial charge in [-0.2, -0.15) is 0 Å². The zero-order chi connectivity index (χ0) is 14.0. The van der Waals surface area contributed by atoms with Crippen LogP contribution >= 0.6 is 23.2 Å². The Hall–Kier alpha value is -0.770. The molecule has 2 rings (SSSR count). The number of benzene rings is 1. The molecule has 2 unspecified atom stereocenters. The molecule has 1 fully saturated rings. The van der Waals surface area contributed by atoms with E-state index in [2.05, 4.69) is 0 Å². The number of hydrogen-bond donors (Lipinski definition) is 1. The SMILES string of the molecule is CC(N)C1CCCN(C(=O)c2cccc(Cl)c2Cl)C1. The topological polar surface area (TPSA) is 46.3 Å². The lowest BCUT2D eigenvalue weighted by Gasteiger charge is -2.34. The Labute approximate surface area is 123 Å². The van der Waals surface area contributed by atoms with E-state index in [1.165, 1.54) is 0 Å². The minimum atomic E-state index is -0.0575. The summed E-state index contributed by atoms with van der Waals surface area (Å²) in [7, 11) is 0. The fraction of sp³-hybridized carbons (Fsp3) is 0.500. The number of halogens is 2. The van der Waals surface area contributed by atoms with E-state index in [1.807, 2.05) is 11.8 Å². The molecule has 104 valence electrons. The van der Waals surface area contributed by atoms with Gasteiger partial charge < -0.3 is 10.6 Å². The van der Waals surface area contributed by atoms with E-state index < -0.39 is 0 Å². The van der Waals surface area contributed by atoms with Gasteiger partial charge in [0.25, 0.3) is 5.91 Å². The highest BCUT2D eigenvalue weighted by atomic mass is 35.5. The molecular formula is C14H18Cl2N2O. The molecule has 1 amide bonds. The zero-order valence-electron chi connectivity index (χ0n) is 10.9. The van der Waals surface area contributed by atoms with Gasteiger partial charge in [-0.15, -0.1) is 0 Å². The molecule has 1 aliphatic heterocycles. The van der Waals surface area contributed by atoms with E-state index in [-0.39, 0.29) is 11.9 Å². The molecule has 0 spiro atoms. The lowest BCUT2D eigenvalue weighted by Crippen LogP contribution is -2.45. The van der Waals surface area contributed by atoms with Gasteiger partial charge in [-0.05, 0) is 37.8 Å². The van der Waals surface area contributed by atoms with Gasteiger partial charge in [-0.3, -0.25) is 4.79 Å². The van der Waals surface area contributed by atoms with Crippen molar-refractivity contribution >= 4 is 29.1 Å². The highest BCUT2D eigenvalue weighted by Crippen LogP contribution is 2.28. The maximum absolute atomic E-state index is 12.5. The number of nitrogens with two attached hydrogens (primary N) is 1. The van der Waals surface area contributed by atoms with Crippen molar-refractivity contribution in [2.75, 3.05) is 13.1 Å². The molecule has 0 saturated carbocycles. The smallest absolute Gasteiger partial charge is 0.255 e. The second-order valence-electron chi connectivity index (χ2n) is 5.11. The van der Waals surface area contributed by atoms with Crippen molar-refractivity contribution in [1.82, 2.24) is 4.90 Å². The van der Waals surface area contributed by atoms with Crippen LogP contribution in [0.1, 0.15) is 30.1 Å². The normalized spacial score (nSPS) is 21.3.